The predicted octanol–water partition coefficient (Wildman–Crippen LogP) is 4.48. The Labute approximate surface area is 166 Å². The topological polar surface area (TPSA) is 53.4 Å². The van der Waals surface area contributed by atoms with Gasteiger partial charge < -0.3 is 5.11 Å². The summed E-state index contributed by atoms with van der Waals surface area (Å²) in [6, 6.07) is 8.18. The SMILES string of the molecule is O=C(O)C1CCCN(C2c3ccc(Cl)cc3CCc3cc(Br)cnc32)C1. The average molecular weight is 436 g/mol. The number of rotatable bonds is 2. The highest BCUT2D eigenvalue weighted by molar-refractivity contribution is 9.10. The maximum atomic E-state index is 11.6. The van der Waals surface area contributed by atoms with Gasteiger partial charge in [0.1, 0.15) is 0 Å². The van der Waals surface area contributed by atoms with Crippen LogP contribution >= 0.6 is 27.5 Å². The molecule has 136 valence electrons. The van der Waals surface area contributed by atoms with Crippen LogP contribution in [0.25, 0.3) is 0 Å². The number of carbonyl (C=O) groups is 1. The fourth-order valence-electron chi connectivity index (χ4n) is 4.22. The molecular weight excluding hydrogens is 416 g/mol. The van der Waals surface area contributed by atoms with E-state index in [0.29, 0.717) is 6.54 Å². The number of halogens is 2. The number of aliphatic carboxylic acids is 1. The largest absolute Gasteiger partial charge is 0.481 e. The molecule has 1 fully saturated rings. The fraction of sp³-hybridized carbons (Fsp3) is 0.400. The molecule has 2 atom stereocenters. The van der Waals surface area contributed by atoms with Gasteiger partial charge in [0.15, 0.2) is 0 Å². The molecule has 4 rings (SSSR count). The lowest BCUT2D eigenvalue weighted by molar-refractivity contribution is -0.143. The molecule has 1 aromatic heterocycles. The zero-order valence-electron chi connectivity index (χ0n) is 14.3. The second kappa shape index (κ2) is 7.29. The molecule has 26 heavy (non-hydrogen) atoms. The second-order valence-corrected chi connectivity index (χ2v) is 8.47. The normalized spacial score (nSPS) is 23.0. The molecule has 4 nitrogen and oxygen atoms in total. The van der Waals surface area contributed by atoms with Crippen LogP contribution in [0.5, 0.6) is 0 Å². The van der Waals surface area contributed by atoms with Crippen molar-refractivity contribution in [2.24, 2.45) is 5.92 Å². The van der Waals surface area contributed by atoms with Gasteiger partial charge in [-0.2, -0.15) is 0 Å². The van der Waals surface area contributed by atoms with E-state index >= 15 is 0 Å². The van der Waals surface area contributed by atoms with E-state index in [0.717, 1.165) is 47.4 Å². The van der Waals surface area contributed by atoms with Gasteiger partial charge in [0.25, 0.3) is 0 Å². The summed E-state index contributed by atoms with van der Waals surface area (Å²) < 4.78 is 0.973. The van der Waals surface area contributed by atoms with Crippen molar-refractivity contribution in [3.05, 3.63) is 62.3 Å². The van der Waals surface area contributed by atoms with Crippen molar-refractivity contribution in [3.63, 3.8) is 0 Å². The third-order valence-corrected chi connectivity index (χ3v) is 6.13. The van der Waals surface area contributed by atoms with Gasteiger partial charge in [0.05, 0.1) is 17.7 Å². The fourth-order valence-corrected chi connectivity index (χ4v) is 4.80. The first-order valence-corrected chi connectivity index (χ1v) is 10.1. The third kappa shape index (κ3) is 3.40. The number of aromatic nitrogens is 1. The standard InChI is InChI=1S/C20H20BrClN2O2/c21-15-8-13-4-3-12-9-16(22)5-6-17(12)19(18(13)23-10-15)24-7-1-2-14(11-24)20(25)26/h5-6,8-10,14,19H,1-4,7,11H2,(H,25,26). The number of pyridine rings is 1. The van der Waals surface area contributed by atoms with Crippen molar-refractivity contribution in [2.45, 2.75) is 31.7 Å². The van der Waals surface area contributed by atoms with Gasteiger partial charge in [-0.1, -0.05) is 17.7 Å². The summed E-state index contributed by atoms with van der Waals surface area (Å²) in [6.45, 7) is 1.44. The number of hydrogen-bond donors (Lipinski definition) is 1. The molecule has 1 N–H and O–H groups in total. The summed E-state index contributed by atoms with van der Waals surface area (Å²) in [5.74, 6) is -1.02. The molecule has 0 spiro atoms. The van der Waals surface area contributed by atoms with Crippen LogP contribution < -0.4 is 0 Å². The number of aryl methyl sites for hydroxylation is 2. The number of nitrogens with zero attached hydrogens (tertiary/aromatic N) is 2. The van der Waals surface area contributed by atoms with Gasteiger partial charge in [0, 0.05) is 22.2 Å². The van der Waals surface area contributed by atoms with E-state index in [4.69, 9.17) is 16.6 Å². The van der Waals surface area contributed by atoms with E-state index < -0.39 is 5.97 Å². The summed E-state index contributed by atoms with van der Waals surface area (Å²) >= 11 is 9.78. The van der Waals surface area contributed by atoms with E-state index in [1.54, 1.807) is 0 Å². The molecule has 1 aliphatic heterocycles. The molecule has 0 amide bonds. The van der Waals surface area contributed by atoms with Crippen LogP contribution in [0.2, 0.25) is 5.02 Å². The summed E-state index contributed by atoms with van der Waals surface area (Å²) in [5, 5.41) is 10.2. The molecule has 0 bridgehead atoms. The van der Waals surface area contributed by atoms with Crippen LogP contribution in [0.1, 0.15) is 41.3 Å². The van der Waals surface area contributed by atoms with E-state index in [-0.39, 0.29) is 12.0 Å². The van der Waals surface area contributed by atoms with Crippen LogP contribution in [-0.4, -0.2) is 34.0 Å². The Hall–Kier alpha value is -1.43. The van der Waals surface area contributed by atoms with Gasteiger partial charge in [-0.05, 0) is 83.0 Å². The summed E-state index contributed by atoms with van der Waals surface area (Å²) in [7, 11) is 0. The first kappa shape index (κ1) is 18.0. The molecule has 2 aliphatic rings. The smallest absolute Gasteiger partial charge is 0.307 e. The number of benzene rings is 1. The van der Waals surface area contributed by atoms with Crippen LogP contribution in [0.15, 0.2) is 34.9 Å². The van der Waals surface area contributed by atoms with Gasteiger partial charge >= 0.3 is 5.97 Å². The lowest BCUT2D eigenvalue weighted by atomic mass is 9.91. The lowest BCUT2D eigenvalue weighted by Crippen LogP contribution is -2.41. The molecule has 2 heterocycles. The molecule has 1 saturated heterocycles. The van der Waals surface area contributed by atoms with Crippen molar-refractivity contribution >= 4 is 33.5 Å². The Bertz CT molecular complexity index is 804. The average Bonchev–Trinajstić information content (AvgIpc) is 2.78. The molecule has 1 aliphatic carbocycles. The summed E-state index contributed by atoms with van der Waals surface area (Å²) in [4.78, 5) is 18.6. The predicted molar refractivity (Wildman–Crippen MR) is 105 cm³/mol. The number of carboxylic acid groups (broad SMARTS) is 1. The van der Waals surface area contributed by atoms with E-state index in [1.807, 2.05) is 18.3 Å². The minimum absolute atomic E-state index is 0.0185. The van der Waals surface area contributed by atoms with E-state index in [9.17, 15) is 9.90 Å². The highest BCUT2D eigenvalue weighted by atomic mass is 79.9. The van der Waals surface area contributed by atoms with Crippen LogP contribution in [0.4, 0.5) is 0 Å². The maximum absolute atomic E-state index is 11.6. The third-order valence-electron chi connectivity index (χ3n) is 5.46. The van der Waals surface area contributed by atoms with Crippen LogP contribution in [0.3, 0.4) is 0 Å². The van der Waals surface area contributed by atoms with Crippen LogP contribution in [-0.2, 0) is 17.6 Å². The highest BCUT2D eigenvalue weighted by Gasteiger charge is 2.35. The lowest BCUT2D eigenvalue weighted by Gasteiger charge is -2.37. The molecule has 2 aromatic rings. The van der Waals surface area contributed by atoms with Gasteiger partial charge in [-0.25, -0.2) is 0 Å². The number of fused-ring (bicyclic) bond motifs is 2. The Morgan fingerprint density at radius 2 is 2.08 bits per heavy atom. The molecule has 2 unspecified atom stereocenters. The maximum Gasteiger partial charge on any atom is 0.307 e. The molecule has 6 heteroatoms. The quantitative estimate of drug-likeness (QED) is 0.755. The Morgan fingerprint density at radius 1 is 1.27 bits per heavy atom. The zero-order valence-corrected chi connectivity index (χ0v) is 16.6. The van der Waals surface area contributed by atoms with Crippen molar-refractivity contribution in [2.75, 3.05) is 13.1 Å². The number of hydrogen-bond acceptors (Lipinski definition) is 3. The van der Waals surface area contributed by atoms with Gasteiger partial charge in [-0.15, -0.1) is 0 Å². The van der Waals surface area contributed by atoms with Crippen molar-refractivity contribution in [3.8, 4) is 0 Å². The van der Waals surface area contributed by atoms with Crippen molar-refractivity contribution in [1.29, 1.82) is 0 Å². The Balaban J connectivity index is 1.82. The van der Waals surface area contributed by atoms with Crippen LogP contribution in [0, 0.1) is 5.92 Å². The first-order valence-electron chi connectivity index (χ1n) is 8.92. The summed E-state index contributed by atoms with van der Waals surface area (Å²) in [6.07, 6.45) is 5.29. The van der Waals surface area contributed by atoms with Crippen molar-refractivity contribution < 1.29 is 9.90 Å². The number of likely N-dealkylation sites (tertiary alicyclic amines) is 1. The Morgan fingerprint density at radius 3 is 2.88 bits per heavy atom. The minimum Gasteiger partial charge on any atom is -0.481 e. The van der Waals surface area contributed by atoms with Gasteiger partial charge in [0.2, 0.25) is 0 Å². The van der Waals surface area contributed by atoms with E-state index in [1.165, 1.54) is 16.7 Å². The minimum atomic E-state index is -0.705. The van der Waals surface area contributed by atoms with Crippen molar-refractivity contribution in [1.82, 2.24) is 9.88 Å². The number of carboxylic acids is 1. The molecule has 0 saturated carbocycles. The summed E-state index contributed by atoms with van der Waals surface area (Å²) in [5.41, 5.74) is 4.69. The Kier molecular flexibility index (Phi) is 5.04. The first-order chi connectivity index (χ1) is 12.5. The zero-order chi connectivity index (χ0) is 18.3. The molecule has 1 aromatic carbocycles. The van der Waals surface area contributed by atoms with Gasteiger partial charge in [-0.3, -0.25) is 14.7 Å². The second-order valence-electron chi connectivity index (χ2n) is 7.12. The monoisotopic (exact) mass is 434 g/mol. The highest BCUT2D eigenvalue weighted by Crippen LogP contribution is 2.39. The number of piperidine rings is 1. The van der Waals surface area contributed by atoms with E-state index in [2.05, 4.69) is 33.0 Å². The molecular formula is C20H20BrClN2O2. The molecule has 0 radical (unpaired) electrons.